The zero-order valence-electron chi connectivity index (χ0n) is 14.5. The van der Waals surface area contributed by atoms with E-state index in [4.69, 9.17) is 10.5 Å². The van der Waals surface area contributed by atoms with E-state index in [1.54, 1.807) is 0 Å². The van der Waals surface area contributed by atoms with Gasteiger partial charge in [0.1, 0.15) is 12.4 Å². The van der Waals surface area contributed by atoms with Crippen molar-refractivity contribution in [2.75, 3.05) is 11.5 Å². The molecule has 2 N–H and O–H groups in total. The van der Waals surface area contributed by atoms with Crippen molar-refractivity contribution in [3.63, 3.8) is 0 Å². The van der Waals surface area contributed by atoms with Gasteiger partial charge in [-0.1, -0.05) is 95.4 Å². The number of nitrogens with two attached hydrogens (primary N) is 1. The molecule has 0 bridgehead atoms. The molecule has 25 heavy (non-hydrogen) atoms. The molecule has 3 heteroatoms. The maximum Gasteiger partial charge on any atom is 0.123 e. The average molecular weight is 445 g/mol. The minimum Gasteiger partial charge on any atom is -0.489 e. The van der Waals surface area contributed by atoms with Crippen molar-refractivity contribution in [1.82, 2.24) is 0 Å². The van der Waals surface area contributed by atoms with Gasteiger partial charge in [0.05, 0.1) is 0 Å². The van der Waals surface area contributed by atoms with Gasteiger partial charge in [-0.2, -0.15) is 0 Å². The molecule has 0 saturated heterocycles. The predicted molar refractivity (Wildman–Crippen MR) is 115 cm³/mol. The number of alkyl halides is 1. The van der Waals surface area contributed by atoms with E-state index < -0.39 is 0 Å². The van der Waals surface area contributed by atoms with Gasteiger partial charge in [-0.25, -0.2) is 0 Å². The van der Waals surface area contributed by atoms with Crippen molar-refractivity contribution < 1.29 is 4.74 Å². The third-order valence-electron chi connectivity index (χ3n) is 3.84. The van der Waals surface area contributed by atoms with Crippen LogP contribution in [0.15, 0.2) is 78.9 Å². The third-order valence-corrected chi connectivity index (χ3v) is 3.84. The number of benzene rings is 3. The maximum absolute atomic E-state index is 5.97. The molecule has 130 valence electrons. The number of hydrogen-bond acceptors (Lipinski definition) is 2. The highest BCUT2D eigenvalue weighted by Gasteiger charge is 2.03. The first-order valence-corrected chi connectivity index (χ1v) is 10.5. The molecule has 0 radical (unpaired) electrons. The minimum atomic E-state index is 0.566. The van der Waals surface area contributed by atoms with Crippen LogP contribution in [0.25, 0.3) is 11.1 Å². The van der Waals surface area contributed by atoms with Crippen LogP contribution in [0, 0.1) is 0 Å². The topological polar surface area (TPSA) is 35.2 Å². The normalized spacial score (nSPS) is 9.88. The zero-order valence-corrected chi connectivity index (χ0v) is 16.6. The van der Waals surface area contributed by atoms with Crippen LogP contribution in [0.2, 0.25) is 0 Å². The van der Waals surface area contributed by atoms with Gasteiger partial charge >= 0.3 is 0 Å². The fourth-order valence-corrected chi connectivity index (χ4v) is 2.59. The Morgan fingerprint density at radius 2 is 1.36 bits per heavy atom. The highest BCUT2D eigenvalue weighted by atomic mass is 127. The van der Waals surface area contributed by atoms with E-state index >= 15 is 0 Å². The second-order valence-corrected chi connectivity index (χ2v) is 5.50. The Bertz CT molecular complexity index is 741. The largest absolute Gasteiger partial charge is 0.489 e. The van der Waals surface area contributed by atoms with E-state index in [0.29, 0.717) is 13.2 Å². The Labute approximate surface area is 164 Å². The molecule has 0 aliphatic heterocycles. The summed E-state index contributed by atoms with van der Waals surface area (Å²) in [7, 11) is 0. The molecule has 0 unspecified atom stereocenters. The molecule has 0 aromatic heterocycles. The van der Waals surface area contributed by atoms with E-state index in [2.05, 4.69) is 77.2 Å². The number of rotatable bonds is 6. The summed E-state index contributed by atoms with van der Waals surface area (Å²) in [6.45, 7) is 1.20. The molecule has 3 aromatic rings. The van der Waals surface area contributed by atoms with Gasteiger partial charge in [-0.3, -0.25) is 0 Å². The fraction of sp³-hybridized carbons (Fsp3) is 0.182. The maximum atomic E-state index is 5.97. The Morgan fingerprint density at radius 3 is 2.04 bits per heavy atom. The molecule has 0 heterocycles. The number of para-hydroxylation sites is 1. The van der Waals surface area contributed by atoms with Crippen LogP contribution in [-0.2, 0) is 13.0 Å². The highest BCUT2D eigenvalue weighted by molar-refractivity contribution is 14.1. The highest BCUT2D eigenvalue weighted by Crippen LogP contribution is 2.22. The van der Waals surface area contributed by atoms with Gasteiger partial charge in [0.25, 0.3) is 0 Å². The van der Waals surface area contributed by atoms with Crippen molar-refractivity contribution in [3.8, 4) is 16.9 Å². The van der Waals surface area contributed by atoms with Crippen molar-refractivity contribution in [3.05, 3.63) is 90.0 Å². The molecular weight excluding hydrogens is 421 g/mol. The molecule has 3 rings (SSSR count). The Hall–Kier alpha value is -1.85. The van der Waals surface area contributed by atoms with Crippen LogP contribution in [0.5, 0.6) is 5.75 Å². The van der Waals surface area contributed by atoms with Crippen LogP contribution in [-0.4, -0.2) is 11.5 Å². The molecule has 2 nitrogen and oxygen atoms in total. The van der Waals surface area contributed by atoms with Gasteiger partial charge in [-0.15, -0.1) is 0 Å². The second kappa shape index (κ2) is 10.9. The first-order chi connectivity index (χ1) is 12.4. The van der Waals surface area contributed by atoms with Crippen LogP contribution in [0.1, 0.15) is 11.1 Å². The molecule has 0 saturated carbocycles. The summed E-state index contributed by atoms with van der Waals surface area (Å²) in [5, 5.41) is 0. The summed E-state index contributed by atoms with van der Waals surface area (Å²) in [5.74, 6) is 0.921. The SMILES string of the molecule is CI.NCCc1ccccc1OCc1ccc(-c2ccccc2)cc1. The van der Waals surface area contributed by atoms with E-state index in [1.807, 2.05) is 29.2 Å². The zero-order chi connectivity index (χ0) is 17.9. The van der Waals surface area contributed by atoms with Gasteiger partial charge in [0.2, 0.25) is 0 Å². The van der Waals surface area contributed by atoms with Crippen LogP contribution < -0.4 is 10.5 Å². The molecular formula is C22H24INO. The molecule has 0 aliphatic carbocycles. The summed E-state index contributed by atoms with van der Waals surface area (Å²) in [4.78, 5) is 1.97. The number of hydrogen-bond donors (Lipinski definition) is 1. The first-order valence-electron chi connectivity index (χ1n) is 8.30. The number of ether oxygens (including phenoxy) is 1. The van der Waals surface area contributed by atoms with Gasteiger partial charge in [0.15, 0.2) is 0 Å². The van der Waals surface area contributed by atoms with Gasteiger partial charge < -0.3 is 10.5 Å². The quantitative estimate of drug-likeness (QED) is 0.403. The summed E-state index contributed by atoms with van der Waals surface area (Å²) in [5.41, 5.74) is 10.4. The van der Waals surface area contributed by atoms with Gasteiger partial charge in [-0.05, 0) is 46.2 Å². The standard InChI is InChI=1S/C21H21NO.CH3I/c22-15-14-20-8-4-5-9-21(20)23-16-17-10-12-19(13-11-17)18-6-2-1-3-7-18;1-2/h1-13H,14-16,22H2;1H3. The van der Waals surface area contributed by atoms with Crippen molar-refractivity contribution in [1.29, 1.82) is 0 Å². The Morgan fingerprint density at radius 1 is 0.760 bits per heavy atom. The van der Waals surface area contributed by atoms with Crippen LogP contribution in [0.4, 0.5) is 0 Å². The Balaban J connectivity index is 0.00000109. The van der Waals surface area contributed by atoms with E-state index in [1.165, 1.54) is 11.1 Å². The van der Waals surface area contributed by atoms with E-state index in [-0.39, 0.29) is 0 Å². The average Bonchev–Trinajstić information content (AvgIpc) is 2.70. The van der Waals surface area contributed by atoms with Crippen LogP contribution >= 0.6 is 22.6 Å². The summed E-state index contributed by atoms with van der Waals surface area (Å²) in [6, 6.07) is 27.0. The predicted octanol–water partition coefficient (Wildman–Crippen LogP) is 5.49. The lowest BCUT2D eigenvalue weighted by Gasteiger charge is -2.11. The monoisotopic (exact) mass is 445 g/mol. The van der Waals surface area contributed by atoms with Crippen molar-refractivity contribution in [2.24, 2.45) is 5.73 Å². The molecule has 0 aliphatic rings. The summed E-state index contributed by atoms with van der Waals surface area (Å²) >= 11 is 2.15. The van der Waals surface area contributed by atoms with Crippen LogP contribution in [0.3, 0.4) is 0 Å². The lowest BCUT2D eigenvalue weighted by atomic mass is 10.0. The lowest BCUT2D eigenvalue weighted by molar-refractivity contribution is 0.303. The smallest absolute Gasteiger partial charge is 0.123 e. The molecule has 3 aromatic carbocycles. The second-order valence-electron chi connectivity index (χ2n) is 5.50. The molecule has 0 amide bonds. The van der Waals surface area contributed by atoms with Crippen molar-refractivity contribution >= 4 is 22.6 Å². The third kappa shape index (κ3) is 5.87. The lowest BCUT2D eigenvalue weighted by Crippen LogP contribution is -2.05. The first kappa shape index (κ1) is 19.5. The number of halogens is 1. The summed E-state index contributed by atoms with van der Waals surface area (Å²) in [6.07, 6.45) is 0.836. The molecule has 0 spiro atoms. The van der Waals surface area contributed by atoms with E-state index in [9.17, 15) is 0 Å². The van der Waals surface area contributed by atoms with E-state index in [0.717, 1.165) is 23.3 Å². The summed E-state index contributed by atoms with van der Waals surface area (Å²) < 4.78 is 5.97. The van der Waals surface area contributed by atoms with Gasteiger partial charge in [0, 0.05) is 0 Å². The molecule has 0 fully saturated rings. The minimum absolute atomic E-state index is 0.566. The molecule has 0 atom stereocenters. The fourth-order valence-electron chi connectivity index (χ4n) is 2.59. The van der Waals surface area contributed by atoms with Crippen molar-refractivity contribution in [2.45, 2.75) is 13.0 Å². The Kier molecular flexibility index (Phi) is 8.49.